The molecule has 0 fully saturated rings. The van der Waals surface area contributed by atoms with Crippen LogP contribution in [0.3, 0.4) is 0 Å². The largest absolute Gasteiger partial charge is 0.360 e. The molecule has 0 unspecified atom stereocenters. The first-order valence-electron chi connectivity index (χ1n) is 7.67. The number of hydrogen-bond donors (Lipinski definition) is 3. The minimum absolute atomic E-state index is 0.00980. The average Bonchev–Trinajstić information content (AvgIpc) is 2.82. The highest BCUT2D eigenvalue weighted by Gasteiger charge is 2.23. The molecular formula is C14H24N4O5S. The van der Waals surface area contributed by atoms with Gasteiger partial charge < -0.3 is 15.2 Å². The Kier molecular flexibility index (Phi) is 7.86. The topological polar surface area (TPSA) is 130 Å². The summed E-state index contributed by atoms with van der Waals surface area (Å²) in [4.78, 5) is 22.3. The lowest BCUT2D eigenvalue weighted by Crippen LogP contribution is -2.31. The molecule has 0 aliphatic rings. The van der Waals surface area contributed by atoms with Crippen molar-refractivity contribution in [1.82, 2.24) is 20.5 Å². The van der Waals surface area contributed by atoms with E-state index in [1.54, 1.807) is 6.92 Å². The molecule has 24 heavy (non-hydrogen) atoms. The Morgan fingerprint density at radius 3 is 2.25 bits per heavy atom. The SMILES string of the molecule is CC(=O)NCCCCNC(=O)CCNS(=O)(=O)c1c(C)noc1C. The van der Waals surface area contributed by atoms with E-state index in [1.807, 2.05) is 0 Å². The summed E-state index contributed by atoms with van der Waals surface area (Å²) >= 11 is 0. The second-order valence-corrected chi connectivity index (χ2v) is 7.04. The first-order chi connectivity index (χ1) is 11.2. The van der Waals surface area contributed by atoms with Crippen LogP contribution in [0.15, 0.2) is 9.42 Å². The fraction of sp³-hybridized carbons (Fsp3) is 0.643. The first kappa shape index (κ1) is 20.1. The first-order valence-corrected chi connectivity index (χ1v) is 9.16. The van der Waals surface area contributed by atoms with Gasteiger partial charge in [-0.3, -0.25) is 9.59 Å². The van der Waals surface area contributed by atoms with Gasteiger partial charge in [-0.25, -0.2) is 13.1 Å². The van der Waals surface area contributed by atoms with Crippen molar-refractivity contribution < 1.29 is 22.5 Å². The molecule has 0 radical (unpaired) electrons. The summed E-state index contributed by atoms with van der Waals surface area (Å²) < 4.78 is 31.4. The molecule has 0 saturated carbocycles. The molecule has 1 rings (SSSR count). The van der Waals surface area contributed by atoms with Crippen molar-refractivity contribution in [2.75, 3.05) is 19.6 Å². The van der Waals surface area contributed by atoms with Gasteiger partial charge in [-0.15, -0.1) is 0 Å². The molecule has 0 spiro atoms. The summed E-state index contributed by atoms with van der Waals surface area (Å²) in [7, 11) is -3.74. The Morgan fingerprint density at radius 1 is 1.08 bits per heavy atom. The van der Waals surface area contributed by atoms with E-state index in [4.69, 9.17) is 4.52 Å². The quantitative estimate of drug-likeness (QED) is 0.503. The molecular weight excluding hydrogens is 336 g/mol. The van der Waals surface area contributed by atoms with Gasteiger partial charge in [0, 0.05) is 33.0 Å². The van der Waals surface area contributed by atoms with Gasteiger partial charge in [0.15, 0.2) is 5.76 Å². The Morgan fingerprint density at radius 2 is 1.71 bits per heavy atom. The molecule has 0 saturated heterocycles. The molecule has 0 atom stereocenters. The summed E-state index contributed by atoms with van der Waals surface area (Å²) in [5.74, 6) is -0.107. The number of unbranched alkanes of at least 4 members (excludes halogenated alkanes) is 1. The van der Waals surface area contributed by atoms with Gasteiger partial charge in [0.1, 0.15) is 10.6 Å². The molecule has 1 heterocycles. The van der Waals surface area contributed by atoms with E-state index in [0.717, 1.165) is 12.8 Å². The Balaban J connectivity index is 2.25. The summed E-state index contributed by atoms with van der Waals surface area (Å²) in [5.41, 5.74) is 0.281. The number of hydrogen-bond acceptors (Lipinski definition) is 6. The van der Waals surface area contributed by atoms with Crippen molar-refractivity contribution in [2.24, 2.45) is 0 Å². The summed E-state index contributed by atoms with van der Waals surface area (Å²) in [6.45, 7) is 5.55. The number of carbonyl (C=O) groups excluding carboxylic acids is 2. The lowest BCUT2D eigenvalue weighted by molar-refractivity contribution is -0.121. The van der Waals surface area contributed by atoms with E-state index < -0.39 is 10.0 Å². The van der Waals surface area contributed by atoms with E-state index in [2.05, 4.69) is 20.5 Å². The summed E-state index contributed by atoms with van der Waals surface area (Å²) in [6, 6.07) is 0. The Hall–Kier alpha value is -1.94. The minimum Gasteiger partial charge on any atom is -0.360 e. The van der Waals surface area contributed by atoms with Gasteiger partial charge in [-0.1, -0.05) is 5.16 Å². The van der Waals surface area contributed by atoms with Crippen molar-refractivity contribution in [2.45, 2.75) is 44.9 Å². The monoisotopic (exact) mass is 360 g/mol. The number of aromatic nitrogens is 1. The summed E-state index contributed by atoms with van der Waals surface area (Å²) in [5, 5.41) is 8.96. The second-order valence-electron chi connectivity index (χ2n) is 5.34. The fourth-order valence-electron chi connectivity index (χ4n) is 2.06. The van der Waals surface area contributed by atoms with Crippen LogP contribution in [0.1, 0.15) is 37.6 Å². The maximum Gasteiger partial charge on any atom is 0.245 e. The van der Waals surface area contributed by atoms with Crippen molar-refractivity contribution >= 4 is 21.8 Å². The number of nitrogens with zero attached hydrogens (tertiary/aromatic N) is 1. The van der Waals surface area contributed by atoms with Gasteiger partial charge in [0.05, 0.1) is 0 Å². The molecule has 10 heteroatoms. The molecule has 0 bridgehead atoms. The van der Waals surface area contributed by atoms with Crippen LogP contribution in [0.2, 0.25) is 0 Å². The molecule has 0 aromatic carbocycles. The Bertz CT molecular complexity index is 649. The zero-order chi connectivity index (χ0) is 18.2. The van der Waals surface area contributed by atoms with Gasteiger partial charge in [-0.05, 0) is 26.7 Å². The van der Waals surface area contributed by atoms with E-state index >= 15 is 0 Å². The van der Waals surface area contributed by atoms with Crippen LogP contribution in [-0.2, 0) is 19.6 Å². The predicted octanol–water partition coefficient (Wildman–Crippen LogP) is -0.00766. The molecule has 9 nitrogen and oxygen atoms in total. The van der Waals surface area contributed by atoms with Crippen molar-refractivity contribution in [3.8, 4) is 0 Å². The van der Waals surface area contributed by atoms with E-state index in [9.17, 15) is 18.0 Å². The number of sulfonamides is 1. The highest BCUT2D eigenvalue weighted by Crippen LogP contribution is 2.18. The molecule has 3 N–H and O–H groups in total. The highest BCUT2D eigenvalue weighted by molar-refractivity contribution is 7.89. The number of aryl methyl sites for hydroxylation is 2. The predicted molar refractivity (Wildman–Crippen MR) is 86.7 cm³/mol. The van der Waals surface area contributed by atoms with Crippen molar-refractivity contribution in [3.63, 3.8) is 0 Å². The van der Waals surface area contributed by atoms with Crippen LogP contribution >= 0.6 is 0 Å². The highest BCUT2D eigenvalue weighted by atomic mass is 32.2. The van der Waals surface area contributed by atoms with Crippen LogP contribution in [0.5, 0.6) is 0 Å². The second kappa shape index (κ2) is 9.38. The van der Waals surface area contributed by atoms with Crippen molar-refractivity contribution in [1.29, 1.82) is 0 Å². The van der Waals surface area contributed by atoms with Gasteiger partial charge >= 0.3 is 0 Å². The van der Waals surface area contributed by atoms with Crippen LogP contribution < -0.4 is 15.4 Å². The van der Waals surface area contributed by atoms with Crippen LogP contribution in [0.4, 0.5) is 0 Å². The molecule has 0 aliphatic heterocycles. The standard InChI is InChI=1S/C14H24N4O5S/c1-10-14(11(2)23-18-10)24(21,22)17-9-6-13(20)16-8-5-4-7-15-12(3)19/h17H,4-9H2,1-3H3,(H,15,19)(H,16,20). The van der Waals surface area contributed by atoms with E-state index in [1.165, 1.54) is 13.8 Å². The fourth-order valence-corrected chi connectivity index (χ4v) is 3.42. The normalized spacial score (nSPS) is 11.3. The molecule has 2 amide bonds. The lowest BCUT2D eigenvalue weighted by atomic mass is 10.3. The zero-order valence-corrected chi connectivity index (χ0v) is 15.0. The minimum atomic E-state index is -3.74. The lowest BCUT2D eigenvalue weighted by Gasteiger charge is -2.07. The number of nitrogens with one attached hydrogen (secondary N) is 3. The molecule has 1 aromatic rings. The van der Waals surface area contributed by atoms with Crippen LogP contribution in [0, 0.1) is 13.8 Å². The van der Waals surface area contributed by atoms with Crippen LogP contribution in [-0.4, -0.2) is 45.0 Å². The van der Waals surface area contributed by atoms with Crippen molar-refractivity contribution in [3.05, 3.63) is 11.5 Å². The van der Waals surface area contributed by atoms with E-state index in [0.29, 0.717) is 13.1 Å². The van der Waals surface area contributed by atoms with Crippen LogP contribution in [0.25, 0.3) is 0 Å². The average molecular weight is 360 g/mol. The third kappa shape index (κ3) is 6.67. The Labute approximate surface area is 141 Å². The molecule has 1 aromatic heterocycles. The van der Waals surface area contributed by atoms with Gasteiger partial charge in [0.25, 0.3) is 0 Å². The molecule has 136 valence electrons. The molecule has 0 aliphatic carbocycles. The van der Waals surface area contributed by atoms with E-state index in [-0.39, 0.29) is 41.1 Å². The smallest absolute Gasteiger partial charge is 0.245 e. The number of amides is 2. The third-order valence-electron chi connectivity index (χ3n) is 3.18. The third-order valence-corrected chi connectivity index (χ3v) is 4.88. The maximum absolute atomic E-state index is 12.1. The maximum atomic E-state index is 12.1. The van der Waals surface area contributed by atoms with Gasteiger partial charge in [0.2, 0.25) is 21.8 Å². The summed E-state index contributed by atoms with van der Waals surface area (Å²) in [6.07, 6.45) is 1.53. The number of carbonyl (C=O) groups is 2. The van der Waals surface area contributed by atoms with Gasteiger partial charge in [-0.2, -0.15) is 0 Å². The zero-order valence-electron chi connectivity index (χ0n) is 14.1. The number of rotatable bonds is 10.